The van der Waals surface area contributed by atoms with Gasteiger partial charge in [0.05, 0.1) is 6.10 Å². The number of aromatic nitrogens is 1. The van der Waals surface area contributed by atoms with Gasteiger partial charge in [0.15, 0.2) is 0 Å². The summed E-state index contributed by atoms with van der Waals surface area (Å²) in [5.74, 6) is 0.0782. The zero-order chi connectivity index (χ0) is 18.1. The van der Waals surface area contributed by atoms with Crippen molar-refractivity contribution in [1.29, 1.82) is 0 Å². The molecule has 2 fully saturated rings. The number of carbonyl (C=O) groups is 1. The van der Waals surface area contributed by atoms with Gasteiger partial charge in [-0.15, -0.1) is 12.4 Å². The first-order chi connectivity index (χ1) is 11.9. The van der Waals surface area contributed by atoms with Crippen LogP contribution in [0.3, 0.4) is 0 Å². The topological polar surface area (TPSA) is 71.7 Å². The molecule has 1 saturated heterocycles. The summed E-state index contributed by atoms with van der Waals surface area (Å²) in [5.41, 5.74) is 6.61. The molecule has 2 N–H and O–H groups in total. The van der Waals surface area contributed by atoms with Gasteiger partial charge in [-0.25, -0.2) is 0 Å². The highest BCUT2D eigenvalue weighted by atomic mass is 35.5. The van der Waals surface area contributed by atoms with Crippen molar-refractivity contribution in [2.24, 2.45) is 11.1 Å². The van der Waals surface area contributed by atoms with Gasteiger partial charge in [-0.3, -0.25) is 14.7 Å². The lowest BCUT2D eigenvalue weighted by molar-refractivity contribution is -0.180. The Morgan fingerprint density at radius 3 is 2.58 bits per heavy atom. The molecular formula is C19H31ClN4O2. The smallest absolute Gasteiger partial charge is 0.243 e. The second-order valence-corrected chi connectivity index (χ2v) is 7.77. The molecule has 2 atom stereocenters. The SMILES string of the molecule is CCOC1CC(N)(C(=O)N2CCN(Cc3cccnc3)CC2)C1(C)C.Cl. The monoisotopic (exact) mass is 382 g/mol. The quantitative estimate of drug-likeness (QED) is 0.838. The number of piperazine rings is 1. The lowest BCUT2D eigenvalue weighted by Crippen LogP contribution is -2.76. The fourth-order valence-corrected chi connectivity index (χ4v) is 3.94. The Bertz CT molecular complexity index is 605. The Balaban J connectivity index is 0.00000243. The van der Waals surface area contributed by atoms with Gasteiger partial charge < -0.3 is 15.4 Å². The van der Waals surface area contributed by atoms with Crippen LogP contribution in [0.15, 0.2) is 24.5 Å². The van der Waals surface area contributed by atoms with Crippen molar-refractivity contribution in [3.63, 3.8) is 0 Å². The van der Waals surface area contributed by atoms with Crippen molar-refractivity contribution in [1.82, 2.24) is 14.8 Å². The van der Waals surface area contributed by atoms with Crippen molar-refractivity contribution < 1.29 is 9.53 Å². The third-order valence-electron chi connectivity index (χ3n) is 6.00. The van der Waals surface area contributed by atoms with Gasteiger partial charge in [0.1, 0.15) is 5.54 Å². The molecule has 7 heteroatoms. The van der Waals surface area contributed by atoms with E-state index in [2.05, 4.69) is 16.0 Å². The van der Waals surface area contributed by atoms with E-state index < -0.39 is 5.54 Å². The first kappa shape index (κ1) is 21.1. The fourth-order valence-electron chi connectivity index (χ4n) is 3.94. The van der Waals surface area contributed by atoms with E-state index in [1.165, 1.54) is 5.56 Å². The number of pyridine rings is 1. The highest BCUT2D eigenvalue weighted by Gasteiger charge is 2.63. The maximum atomic E-state index is 13.0. The molecular weight excluding hydrogens is 352 g/mol. The second-order valence-electron chi connectivity index (χ2n) is 7.77. The molecule has 0 aromatic carbocycles. The highest BCUT2D eigenvalue weighted by molar-refractivity contribution is 5.89. The molecule has 2 heterocycles. The second kappa shape index (κ2) is 8.21. The average Bonchev–Trinajstić information content (AvgIpc) is 2.62. The van der Waals surface area contributed by atoms with E-state index in [1.807, 2.05) is 37.9 Å². The number of nitrogens with zero attached hydrogens (tertiary/aromatic N) is 3. The van der Waals surface area contributed by atoms with E-state index in [0.29, 0.717) is 13.0 Å². The molecule has 146 valence electrons. The summed E-state index contributed by atoms with van der Waals surface area (Å²) in [6, 6.07) is 4.05. The summed E-state index contributed by atoms with van der Waals surface area (Å²) in [5, 5.41) is 0. The lowest BCUT2D eigenvalue weighted by Gasteiger charge is -2.59. The summed E-state index contributed by atoms with van der Waals surface area (Å²) < 4.78 is 5.74. The maximum absolute atomic E-state index is 13.0. The van der Waals surface area contributed by atoms with Gasteiger partial charge >= 0.3 is 0 Å². The standard InChI is InChI=1S/C19H30N4O2.ClH/c1-4-25-16-12-19(20,18(16,2)3)17(24)23-10-8-22(9-11-23)14-15-6-5-7-21-13-15;/h5-7,13,16H,4,8-12,14,20H2,1-3H3;1H. The van der Waals surface area contributed by atoms with Gasteiger partial charge in [0.2, 0.25) is 5.91 Å². The molecule has 26 heavy (non-hydrogen) atoms. The van der Waals surface area contributed by atoms with Crippen LogP contribution in [0.25, 0.3) is 0 Å². The molecule has 1 aromatic heterocycles. The average molecular weight is 383 g/mol. The minimum Gasteiger partial charge on any atom is -0.378 e. The summed E-state index contributed by atoms with van der Waals surface area (Å²) in [7, 11) is 0. The van der Waals surface area contributed by atoms with Gasteiger partial charge in [0, 0.05) is 63.6 Å². The predicted molar refractivity (Wildman–Crippen MR) is 104 cm³/mol. The number of hydrogen-bond acceptors (Lipinski definition) is 5. The van der Waals surface area contributed by atoms with E-state index in [1.54, 1.807) is 6.20 Å². The Kier molecular flexibility index (Phi) is 6.66. The first-order valence-electron chi connectivity index (χ1n) is 9.19. The Morgan fingerprint density at radius 2 is 2.04 bits per heavy atom. The van der Waals surface area contributed by atoms with Crippen molar-refractivity contribution in [3.8, 4) is 0 Å². The number of halogens is 1. The van der Waals surface area contributed by atoms with Crippen LogP contribution in [0, 0.1) is 5.41 Å². The van der Waals surface area contributed by atoms with Crippen LogP contribution in [0.1, 0.15) is 32.8 Å². The van der Waals surface area contributed by atoms with Crippen molar-refractivity contribution in [3.05, 3.63) is 30.1 Å². The minimum atomic E-state index is -0.807. The number of hydrogen-bond donors (Lipinski definition) is 1. The summed E-state index contributed by atoms with van der Waals surface area (Å²) >= 11 is 0. The van der Waals surface area contributed by atoms with Crippen LogP contribution in [0.2, 0.25) is 0 Å². The third kappa shape index (κ3) is 3.74. The Hall–Kier alpha value is -1.21. The Labute approximate surface area is 162 Å². The zero-order valence-electron chi connectivity index (χ0n) is 16.0. The molecule has 3 rings (SSSR count). The lowest BCUT2D eigenvalue weighted by atomic mass is 9.54. The molecule has 1 aliphatic heterocycles. The van der Waals surface area contributed by atoms with E-state index in [0.717, 1.165) is 32.7 Å². The molecule has 6 nitrogen and oxygen atoms in total. The highest BCUT2D eigenvalue weighted by Crippen LogP contribution is 2.50. The van der Waals surface area contributed by atoms with Gasteiger partial charge in [-0.1, -0.05) is 19.9 Å². The molecule has 1 aliphatic carbocycles. The predicted octanol–water partition coefficient (Wildman–Crippen LogP) is 1.68. The van der Waals surface area contributed by atoms with E-state index in [9.17, 15) is 4.79 Å². The number of amides is 1. The van der Waals surface area contributed by atoms with Crippen LogP contribution in [0.5, 0.6) is 0 Å². The van der Waals surface area contributed by atoms with Crippen LogP contribution < -0.4 is 5.73 Å². The number of ether oxygens (including phenoxy) is 1. The van der Waals surface area contributed by atoms with Crippen LogP contribution >= 0.6 is 12.4 Å². The van der Waals surface area contributed by atoms with Gasteiger partial charge in [0.25, 0.3) is 0 Å². The fraction of sp³-hybridized carbons (Fsp3) is 0.684. The van der Waals surface area contributed by atoms with Crippen LogP contribution in [0.4, 0.5) is 0 Å². The first-order valence-corrected chi connectivity index (χ1v) is 9.19. The van der Waals surface area contributed by atoms with Crippen molar-refractivity contribution in [2.75, 3.05) is 32.8 Å². The van der Waals surface area contributed by atoms with E-state index >= 15 is 0 Å². The minimum absolute atomic E-state index is 0. The maximum Gasteiger partial charge on any atom is 0.243 e. The van der Waals surface area contributed by atoms with Crippen molar-refractivity contribution in [2.45, 2.75) is 45.4 Å². The van der Waals surface area contributed by atoms with Crippen LogP contribution in [-0.4, -0.2) is 65.1 Å². The molecule has 0 radical (unpaired) electrons. The number of nitrogens with two attached hydrogens (primary N) is 1. The summed E-state index contributed by atoms with van der Waals surface area (Å²) in [4.78, 5) is 21.5. The number of rotatable bonds is 5. The Morgan fingerprint density at radius 1 is 1.35 bits per heavy atom. The van der Waals surface area contributed by atoms with Crippen LogP contribution in [-0.2, 0) is 16.1 Å². The normalized spacial score (nSPS) is 28.2. The molecule has 1 aromatic rings. The molecule has 0 spiro atoms. The summed E-state index contributed by atoms with van der Waals surface area (Å²) in [6.45, 7) is 10.8. The molecule has 1 saturated carbocycles. The van der Waals surface area contributed by atoms with Crippen molar-refractivity contribution >= 4 is 18.3 Å². The molecule has 2 unspecified atom stereocenters. The zero-order valence-corrected chi connectivity index (χ0v) is 16.8. The van der Waals surface area contributed by atoms with E-state index in [-0.39, 0.29) is 29.8 Å². The molecule has 1 amide bonds. The van der Waals surface area contributed by atoms with Gasteiger partial charge in [-0.2, -0.15) is 0 Å². The molecule has 0 bridgehead atoms. The molecule has 2 aliphatic rings. The number of carbonyl (C=O) groups excluding carboxylic acids is 1. The van der Waals surface area contributed by atoms with Gasteiger partial charge in [-0.05, 0) is 18.6 Å². The third-order valence-corrected chi connectivity index (χ3v) is 6.00. The van der Waals surface area contributed by atoms with E-state index in [4.69, 9.17) is 10.5 Å². The largest absolute Gasteiger partial charge is 0.378 e. The summed E-state index contributed by atoms with van der Waals surface area (Å²) in [6.07, 6.45) is 4.37.